The average Bonchev–Trinajstić information content (AvgIpc) is 2.61. The minimum absolute atomic E-state index is 0.564. The van der Waals surface area contributed by atoms with Crippen molar-refractivity contribution >= 4 is 22.7 Å². The average molecular weight is 207 g/mol. The molecule has 74 valence electrons. The van der Waals surface area contributed by atoms with E-state index in [-0.39, 0.29) is 0 Å². The van der Waals surface area contributed by atoms with Crippen LogP contribution >= 0.6 is 11.8 Å². The highest BCUT2D eigenvalue weighted by Crippen LogP contribution is 2.24. The third-order valence-electron chi connectivity index (χ3n) is 2.26. The summed E-state index contributed by atoms with van der Waals surface area (Å²) in [7, 11) is 0. The molecule has 2 nitrogen and oxygen atoms in total. The van der Waals surface area contributed by atoms with Gasteiger partial charge in [-0.15, -0.1) is 0 Å². The number of hydrogen-bond acceptors (Lipinski definition) is 3. The predicted molar refractivity (Wildman–Crippen MR) is 61.3 cm³/mol. The van der Waals surface area contributed by atoms with Crippen molar-refractivity contribution in [3.63, 3.8) is 0 Å². The van der Waals surface area contributed by atoms with E-state index in [0.717, 1.165) is 16.9 Å². The second-order valence-corrected chi connectivity index (χ2v) is 4.09. The van der Waals surface area contributed by atoms with Gasteiger partial charge < -0.3 is 10.2 Å². The number of thioether (sulfide) groups is 1. The molecule has 14 heavy (non-hydrogen) atoms. The van der Waals surface area contributed by atoms with Crippen LogP contribution in [0, 0.1) is 0 Å². The van der Waals surface area contributed by atoms with Crippen LogP contribution in [0.5, 0.6) is 0 Å². The lowest BCUT2D eigenvalue weighted by atomic mass is 10.1. The molecule has 0 bridgehead atoms. The van der Waals surface area contributed by atoms with Crippen LogP contribution in [-0.2, 0) is 12.3 Å². The van der Waals surface area contributed by atoms with E-state index >= 15 is 0 Å². The van der Waals surface area contributed by atoms with Gasteiger partial charge >= 0.3 is 0 Å². The molecule has 0 aliphatic rings. The van der Waals surface area contributed by atoms with Crippen LogP contribution in [0.15, 0.2) is 28.9 Å². The van der Waals surface area contributed by atoms with E-state index < -0.39 is 0 Å². The Kier molecular flexibility index (Phi) is 2.79. The van der Waals surface area contributed by atoms with Crippen LogP contribution in [0.25, 0.3) is 11.0 Å². The molecular weight excluding hydrogens is 194 g/mol. The van der Waals surface area contributed by atoms with Crippen molar-refractivity contribution in [2.45, 2.75) is 12.3 Å². The maximum absolute atomic E-state index is 5.56. The molecule has 0 fully saturated rings. The summed E-state index contributed by atoms with van der Waals surface area (Å²) in [6.45, 7) is 0.564. The van der Waals surface area contributed by atoms with Crippen molar-refractivity contribution in [1.29, 1.82) is 0 Å². The summed E-state index contributed by atoms with van der Waals surface area (Å²) in [4.78, 5) is 0. The molecule has 0 aliphatic carbocycles. The van der Waals surface area contributed by atoms with Gasteiger partial charge in [-0.05, 0) is 17.9 Å². The molecule has 0 saturated carbocycles. The summed E-state index contributed by atoms with van der Waals surface area (Å²) < 4.78 is 5.48. The Balaban J connectivity index is 2.48. The highest BCUT2D eigenvalue weighted by atomic mass is 32.2. The monoisotopic (exact) mass is 207 g/mol. The molecule has 3 heteroatoms. The largest absolute Gasteiger partial charge is 0.464 e. The standard InChI is InChI=1S/C11H13NOS/c1-14-7-9-6-13-11-4-8(5-12)2-3-10(9)11/h2-4,6H,5,7,12H2,1H3. The van der Waals surface area contributed by atoms with Gasteiger partial charge in [-0.2, -0.15) is 11.8 Å². The number of benzene rings is 1. The third-order valence-corrected chi connectivity index (χ3v) is 2.86. The lowest BCUT2D eigenvalue weighted by Crippen LogP contribution is -1.94. The molecule has 1 aromatic carbocycles. The van der Waals surface area contributed by atoms with Crippen molar-refractivity contribution in [1.82, 2.24) is 0 Å². The zero-order valence-corrected chi connectivity index (χ0v) is 8.93. The van der Waals surface area contributed by atoms with Crippen molar-refractivity contribution in [3.05, 3.63) is 35.6 Å². The molecule has 2 N–H and O–H groups in total. The minimum Gasteiger partial charge on any atom is -0.464 e. The number of hydrogen-bond donors (Lipinski definition) is 1. The van der Waals surface area contributed by atoms with Gasteiger partial charge in [0, 0.05) is 23.2 Å². The van der Waals surface area contributed by atoms with E-state index in [1.807, 2.05) is 12.3 Å². The molecule has 1 aromatic heterocycles. The van der Waals surface area contributed by atoms with Crippen LogP contribution in [0.1, 0.15) is 11.1 Å². The lowest BCUT2D eigenvalue weighted by Gasteiger charge is -1.96. The van der Waals surface area contributed by atoms with Gasteiger partial charge in [-0.25, -0.2) is 0 Å². The Morgan fingerprint density at radius 1 is 1.43 bits per heavy atom. The Morgan fingerprint density at radius 2 is 2.29 bits per heavy atom. The Morgan fingerprint density at radius 3 is 3.00 bits per heavy atom. The maximum atomic E-state index is 5.56. The lowest BCUT2D eigenvalue weighted by molar-refractivity contribution is 0.612. The molecule has 0 saturated heterocycles. The first-order valence-electron chi connectivity index (χ1n) is 4.53. The molecule has 2 rings (SSSR count). The summed E-state index contributed by atoms with van der Waals surface area (Å²) in [5.41, 5.74) is 8.88. The van der Waals surface area contributed by atoms with E-state index in [0.29, 0.717) is 6.54 Å². The first-order chi connectivity index (χ1) is 6.85. The zero-order valence-electron chi connectivity index (χ0n) is 8.12. The topological polar surface area (TPSA) is 39.2 Å². The van der Waals surface area contributed by atoms with Gasteiger partial charge in [0.2, 0.25) is 0 Å². The summed E-state index contributed by atoms with van der Waals surface area (Å²) >= 11 is 1.80. The van der Waals surface area contributed by atoms with Crippen LogP contribution in [0.3, 0.4) is 0 Å². The van der Waals surface area contributed by atoms with E-state index in [9.17, 15) is 0 Å². The van der Waals surface area contributed by atoms with Crippen molar-refractivity contribution in [3.8, 4) is 0 Å². The van der Waals surface area contributed by atoms with Crippen molar-refractivity contribution in [2.75, 3.05) is 6.26 Å². The number of rotatable bonds is 3. The molecule has 1 heterocycles. The van der Waals surface area contributed by atoms with Gasteiger partial charge in [0.25, 0.3) is 0 Å². The third kappa shape index (κ3) is 1.65. The van der Waals surface area contributed by atoms with Gasteiger partial charge in [0.05, 0.1) is 6.26 Å². The van der Waals surface area contributed by atoms with Crippen molar-refractivity contribution in [2.24, 2.45) is 5.73 Å². The number of fused-ring (bicyclic) bond motifs is 1. The van der Waals surface area contributed by atoms with E-state index in [2.05, 4.69) is 18.4 Å². The van der Waals surface area contributed by atoms with Crippen LogP contribution < -0.4 is 5.73 Å². The maximum Gasteiger partial charge on any atom is 0.134 e. The van der Waals surface area contributed by atoms with Crippen LogP contribution in [0.2, 0.25) is 0 Å². The first-order valence-corrected chi connectivity index (χ1v) is 5.92. The fourth-order valence-electron chi connectivity index (χ4n) is 1.52. The molecule has 0 aliphatic heterocycles. The SMILES string of the molecule is CSCc1coc2cc(CN)ccc12. The second kappa shape index (κ2) is 4.07. The normalized spacial score (nSPS) is 11.0. The van der Waals surface area contributed by atoms with E-state index in [1.54, 1.807) is 11.8 Å². The molecule has 0 unspecified atom stereocenters. The fraction of sp³-hybridized carbons (Fsp3) is 0.273. The molecule has 0 radical (unpaired) electrons. The first kappa shape index (κ1) is 9.62. The van der Waals surface area contributed by atoms with Gasteiger partial charge in [-0.3, -0.25) is 0 Å². The number of furan rings is 1. The van der Waals surface area contributed by atoms with Crippen molar-refractivity contribution < 1.29 is 4.42 Å². The highest BCUT2D eigenvalue weighted by Gasteiger charge is 2.05. The highest BCUT2D eigenvalue weighted by molar-refractivity contribution is 7.97. The molecule has 0 atom stereocenters. The summed E-state index contributed by atoms with van der Waals surface area (Å²) in [6.07, 6.45) is 3.93. The quantitative estimate of drug-likeness (QED) is 0.841. The van der Waals surface area contributed by atoms with Crippen LogP contribution in [-0.4, -0.2) is 6.26 Å². The Labute approximate surface area is 87.5 Å². The summed E-state index contributed by atoms with van der Waals surface area (Å²) in [6, 6.07) is 6.16. The zero-order chi connectivity index (χ0) is 9.97. The summed E-state index contributed by atoms with van der Waals surface area (Å²) in [5.74, 6) is 0.995. The van der Waals surface area contributed by atoms with E-state index in [4.69, 9.17) is 10.2 Å². The predicted octanol–water partition coefficient (Wildman–Crippen LogP) is 2.75. The summed E-state index contributed by atoms with van der Waals surface area (Å²) in [5, 5.41) is 1.21. The fourth-order valence-corrected chi connectivity index (χ4v) is 2.06. The molecular formula is C11H13NOS. The van der Waals surface area contributed by atoms with Gasteiger partial charge in [0.1, 0.15) is 5.58 Å². The Hall–Kier alpha value is -0.930. The second-order valence-electron chi connectivity index (χ2n) is 3.23. The Bertz CT molecular complexity index is 436. The molecule has 0 amide bonds. The van der Waals surface area contributed by atoms with Crippen LogP contribution in [0.4, 0.5) is 0 Å². The van der Waals surface area contributed by atoms with Gasteiger partial charge in [0.15, 0.2) is 0 Å². The smallest absolute Gasteiger partial charge is 0.134 e. The molecule has 2 aromatic rings. The number of nitrogens with two attached hydrogens (primary N) is 1. The minimum atomic E-state index is 0.564. The van der Waals surface area contributed by atoms with E-state index in [1.165, 1.54) is 10.9 Å². The molecule has 0 spiro atoms. The van der Waals surface area contributed by atoms with Gasteiger partial charge in [-0.1, -0.05) is 12.1 Å².